The van der Waals surface area contributed by atoms with E-state index in [1.807, 2.05) is 146 Å². The van der Waals surface area contributed by atoms with Gasteiger partial charge in [0.15, 0.2) is 0 Å². The van der Waals surface area contributed by atoms with Gasteiger partial charge in [-0.05, 0) is 314 Å². The average Bonchev–Trinajstić information content (AvgIpc) is 0.887. The molecular weight excluding hydrogens is 1730 g/mol. The van der Waals surface area contributed by atoms with Crippen LogP contribution in [0.1, 0.15) is 402 Å². The van der Waals surface area contributed by atoms with Crippen LogP contribution in [0.15, 0.2) is 170 Å². The standard InChI is InChI=1S/5C17H26O3.C17H26O2.C16H25NO.CH4/c4*1-2-5-17(19)14-7-4-9-16(11-14)20-12-13-6-3-8-15(18)10-13;1-2-6-16(18)13-8-5-9-15(11-13)20-12-14-7-3-4-10-17(14)19;1-2-7-17(18)15-10-6-11-16(12-15)19-13-14-8-4-3-5-9-14;1-2-11-17-15-9-6-10-16(12-15)18-13-14-7-4-3-5-8-14;/h4*4,7,9,11,13,15,17-19H,2-3,5-6,8,10,12H2,1H3;5,8-9,11,14,16-19H,2-4,6-7,10,12H2,1H3;6,10-12,14,17-18H,2-5,7-9,13H2,1H3;6,9-10,12,14,17H,2-5,7-8,11,13H2,1H3;1H4/t13-,15+,17+;13-,15+,17-;13-,15-,17+;13-,15-,17-;14-,16+,17-;;;/m01010.../s1. The molecule has 0 bridgehead atoms. The molecule has 0 spiro atoms. The SMILES string of the molecule is C.CCCC(O)c1cccc(OCC2CCCCC2)c1.CCCNc1cccc(OCC2CCCCC2)c1.CCC[C@@H](O)c1cccc(OC[C@@H]2CCCC[C@@H]2O)c1.CCC[C@@H](O)c1cccc(OC[C@@H]2CCC[C@@H](O)C2)c1.CCC[C@@H](O)c1cccc(OC[C@@H]2CCC[C@H](O)C2)c1.CCC[C@@H](O)c1cccc(OC[C@H]2CCC[C@@H](O)C2)c1.CCC[C@@H](O)c1cccc(OC[C@H]2CCC[C@H](O)C2)c1. The minimum Gasteiger partial charge on any atom is -0.493 e. The topological polar surface area (TPSA) is 299 Å². The van der Waals surface area contributed by atoms with E-state index in [-0.39, 0.29) is 50.0 Å². The van der Waals surface area contributed by atoms with Crippen LogP contribution in [0, 0.1) is 41.4 Å². The first-order valence-electron chi connectivity index (χ1n) is 53.9. The molecule has 0 radical (unpaired) electrons. The summed E-state index contributed by atoms with van der Waals surface area (Å²) in [5, 5.41) is 112. The van der Waals surface area contributed by atoms with Crippen molar-refractivity contribution >= 4 is 5.69 Å². The van der Waals surface area contributed by atoms with Gasteiger partial charge in [0, 0.05) is 24.2 Å². The largest absolute Gasteiger partial charge is 0.493 e. The first kappa shape index (κ1) is 117. The van der Waals surface area contributed by atoms with Gasteiger partial charge in [-0.2, -0.15) is 0 Å². The van der Waals surface area contributed by atoms with E-state index in [2.05, 4.69) is 78.0 Å². The van der Waals surface area contributed by atoms with Crippen LogP contribution in [0.4, 0.5) is 5.69 Å². The molecule has 7 saturated carbocycles. The number of ether oxygens (including phenoxy) is 7. The number of hydrogen-bond acceptors (Lipinski definition) is 19. The molecule has 19 nitrogen and oxygen atoms in total. The van der Waals surface area contributed by atoms with Crippen LogP contribution in [-0.2, 0) is 0 Å². The van der Waals surface area contributed by atoms with Crippen molar-refractivity contribution in [2.75, 3.05) is 58.1 Å². The number of nitrogens with one attached hydrogen (secondary N) is 1. The maximum Gasteiger partial charge on any atom is 0.121 e. The van der Waals surface area contributed by atoms with Crippen molar-refractivity contribution in [3.8, 4) is 40.2 Å². The molecule has 0 heterocycles. The van der Waals surface area contributed by atoms with E-state index in [0.29, 0.717) is 56.7 Å². The molecule has 14 rings (SSSR count). The summed E-state index contributed by atoms with van der Waals surface area (Å²) >= 11 is 0. The van der Waals surface area contributed by atoms with Crippen molar-refractivity contribution in [3.63, 3.8) is 0 Å². The highest BCUT2D eigenvalue weighted by atomic mass is 16.5. The van der Waals surface area contributed by atoms with Crippen LogP contribution in [0.3, 0.4) is 0 Å². The normalized spacial score (nSPS) is 22.3. The van der Waals surface area contributed by atoms with Crippen LogP contribution in [0.5, 0.6) is 40.2 Å². The highest BCUT2D eigenvalue weighted by Gasteiger charge is 2.28. The van der Waals surface area contributed by atoms with Gasteiger partial charge >= 0.3 is 0 Å². The van der Waals surface area contributed by atoms with Crippen molar-refractivity contribution < 1.29 is 89.3 Å². The van der Waals surface area contributed by atoms with Crippen LogP contribution >= 0.6 is 0 Å². The van der Waals surface area contributed by atoms with Gasteiger partial charge in [0.1, 0.15) is 40.2 Å². The fourth-order valence-corrected chi connectivity index (χ4v) is 19.7. The van der Waals surface area contributed by atoms with E-state index in [1.165, 1.54) is 70.6 Å². The van der Waals surface area contributed by atoms with Gasteiger partial charge in [-0.1, -0.05) is 250 Å². The van der Waals surface area contributed by atoms with Crippen molar-refractivity contribution in [1.82, 2.24) is 0 Å². The molecule has 1 unspecified atom stereocenters. The van der Waals surface area contributed by atoms with Crippen LogP contribution in [0.25, 0.3) is 0 Å². The molecule has 12 N–H and O–H groups in total. The molecule has 138 heavy (non-hydrogen) atoms. The summed E-state index contributed by atoms with van der Waals surface area (Å²) in [4.78, 5) is 0. The molecule has 7 aromatic carbocycles. The Hall–Kier alpha value is -7.50. The number of hydrogen-bond donors (Lipinski definition) is 12. The highest BCUT2D eigenvalue weighted by molar-refractivity contribution is 5.48. The lowest BCUT2D eigenvalue weighted by atomic mass is 9.87. The zero-order chi connectivity index (χ0) is 98.0. The lowest BCUT2D eigenvalue weighted by Crippen LogP contribution is -2.29. The van der Waals surface area contributed by atoms with Gasteiger partial charge in [-0.25, -0.2) is 0 Å². The quantitative estimate of drug-likeness (QED) is 0.0169. The third kappa shape index (κ3) is 47.1. The smallest absolute Gasteiger partial charge is 0.121 e. The van der Waals surface area contributed by atoms with Crippen LogP contribution in [-0.4, -0.2) is 139 Å². The molecule has 7 fully saturated rings. The molecule has 7 aliphatic rings. The van der Waals surface area contributed by atoms with Crippen molar-refractivity contribution in [2.45, 2.75) is 399 Å². The second kappa shape index (κ2) is 69.4. The Balaban J connectivity index is 0.000000219. The van der Waals surface area contributed by atoms with Gasteiger partial charge in [0.25, 0.3) is 0 Å². The monoisotopic (exact) mass is 1920 g/mol. The zero-order valence-electron chi connectivity index (χ0n) is 84.9. The summed E-state index contributed by atoms with van der Waals surface area (Å²) in [5.41, 5.74) is 6.75. The summed E-state index contributed by atoms with van der Waals surface area (Å²) in [6, 6.07) is 54.9. The first-order chi connectivity index (χ1) is 66.6. The number of aliphatic hydroxyl groups is 11. The van der Waals surface area contributed by atoms with E-state index in [0.717, 1.165) is 316 Å². The van der Waals surface area contributed by atoms with Gasteiger partial charge in [-0.3, -0.25) is 0 Å². The molecule has 0 aromatic heterocycles. The molecule has 774 valence electrons. The molecular formula is C119H185NO18. The van der Waals surface area contributed by atoms with E-state index >= 15 is 0 Å². The maximum atomic E-state index is 10.0. The maximum absolute atomic E-state index is 10.0. The third-order valence-corrected chi connectivity index (χ3v) is 28.0. The molecule has 0 aliphatic heterocycles. The van der Waals surface area contributed by atoms with Crippen molar-refractivity contribution in [1.29, 1.82) is 0 Å². The Labute approximate surface area is 832 Å². The number of rotatable bonds is 42. The predicted molar refractivity (Wildman–Crippen MR) is 561 cm³/mol. The Kier molecular flexibility index (Phi) is 59.1. The zero-order valence-corrected chi connectivity index (χ0v) is 84.9. The third-order valence-electron chi connectivity index (χ3n) is 28.0. The highest BCUT2D eigenvalue weighted by Crippen LogP contribution is 2.37. The Bertz CT molecular complexity index is 3920. The van der Waals surface area contributed by atoms with Gasteiger partial charge < -0.3 is 94.6 Å². The van der Waals surface area contributed by atoms with Gasteiger partial charge in [0.2, 0.25) is 0 Å². The number of aliphatic hydroxyl groups excluding tert-OH is 11. The fraction of sp³-hybridized carbons (Fsp3) is 0.647. The lowest BCUT2D eigenvalue weighted by molar-refractivity contribution is 0.0421. The molecule has 19 heteroatoms. The van der Waals surface area contributed by atoms with Crippen LogP contribution < -0.4 is 38.5 Å². The summed E-state index contributed by atoms with van der Waals surface area (Å²) < 4.78 is 41.0. The molecule has 16 atom stereocenters. The lowest BCUT2D eigenvalue weighted by Gasteiger charge is -2.27. The number of benzene rings is 7. The predicted octanol–water partition coefficient (Wildman–Crippen LogP) is 26.8. The van der Waals surface area contributed by atoms with Crippen molar-refractivity contribution in [3.05, 3.63) is 203 Å². The summed E-state index contributed by atoms with van der Waals surface area (Å²) in [6.07, 6.45) is 42.2. The molecule has 7 aromatic rings. The van der Waals surface area contributed by atoms with Crippen LogP contribution in [0.2, 0.25) is 0 Å². The summed E-state index contributed by atoms with van der Waals surface area (Å²) in [7, 11) is 0. The second-order valence-corrected chi connectivity index (χ2v) is 40.3. The van der Waals surface area contributed by atoms with Crippen molar-refractivity contribution in [2.24, 2.45) is 41.4 Å². The van der Waals surface area contributed by atoms with Gasteiger partial charge in [0.05, 0.1) is 113 Å². The first-order valence-corrected chi connectivity index (χ1v) is 53.9. The van der Waals surface area contributed by atoms with Gasteiger partial charge in [-0.15, -0.1) is 0 Å². The fourth-order valence-electron chi connectivity index (χ4n) is 19.7. The molecule has 0 amide bonds. The van der Waals surface area contributed by atoms with E-state index in [1.54, 1.807) is 0 Å². The summed E-state index contributed by atoms with van der Waals surface area (Å²) in [6.45, 7) is 20.5. The summed E-state index contributed by atoms with van der Waals surface area (Å²) in [5.74, 6) is 9.48. The average molecular weight is 1920 g/mol. The Morgan fingerprint density at radius 2 is 0.471 bits per heavy atom. The molecule has 7 aliphatic carbocycles. The second-order valence-electron chi connectivity index (χ2n) is 40.3. The minimum absolute atomic E-state index is 0. The Morgan fingerprint density at radius 3 is 0.717 bits per heavy atom. The van der Waals surface area contributed by atoms with E-state index in [4.69, 9.17) is 33.2 Å². The minimum atomic E-state index is -0.413. The van der Waals surface area contributed by atoms with E-state index in [9.17, 15) is 56.2 Å². The Morgan fingerprint density at radius 1 is 0.246 bits per heavy atom. The molecule has 0 saturated heterocycles. The van der Waals surface area contributed by atoms with E-state index < -0.39 is 30.5 Å². The number of anilines is 1.